The summed E-state index contributed by atoms with van der Waals surface area (Å²) in [6, 6.07) is 7.11. The molecule has 0 aliphatic rings. The molecule has 7 heteroatoms. The van der Waals surface area contributed by atoms with Crippen molar-refractivity contribution in [2.45, 2.75) is 6.92 Å². The van der Waals surface area contributed by atoms with E-state index in [0.29, 0.717) is 19.7 Å². The monoisotopic (exact) mass is 358 g/mol. The molecule has 0 spiro atoms. The number of quaternary nitrogens is 1. The van der Waals surface area contributed by atoms with Crippen molar-refractivity contribution in [2.75, 3.05) is 33.3 Å². The maximum Gasteiger partial charge on any atom is 0.321 e. The predicted molar refractivity (Wildman–Crippen MR) is 83.5 cm³/mol. The Hall–Kier alpha value is -1.60. The molecule has 21 heavy (non-hydrogen) atoms. The molecule has 1 aromatic rings. The van der Waals surface area contributed by atoms with E-state index in [1.807, 2.05) is 31.3 Å². The molecule has 0 saturated heterocycles. The lowest BCUT2D eigenvalue weighted by Gasteiger charge is -2.14. The zero-order valence-corrected chi connectivity index (χ0v) is 13.8. The van der Waals surface area contributed by atoms with E-state index in [9.17, 15) is 9.59 Å². The normalized spacial score (nSPS) is 11.6. The van der Waals surface area contributed by atoms with Crippen LogP contribution < -0.4 is 20.3 Å². The number of urea groups is 1. The van der Waals surface area contributed by atoms with E-state index < -0.39 is 6.03 Å². The number of rotatable bonds is 7. The molecule has 3 N–H and O–H groups in total. The van der Waals surface area contributed by atoms with Crippen molar-refractivity contribution in [1.82, 2.24) is 10.6 Å². The van der Waals surface area contributed by atoms with Gasteiger partial charge in [0.25, 0.3) is 5.91 Å². The van der Waals surface area contributed by atoms with Gasteiger partial charge in [-0.3, -0.25) is 10.1 Å². The molecule has 0 aromatic heterocycles. The highest BCUT2D eigenvalue weighted by Gasteiger charge is 2.12. The maximum atomic E-state index is 11.6. The van der Waals surface area contributed by atoms with Gasteiger partial charge in [0.2, 0.25) is 0 Å². The van der Waals surface area contributed by atoms with Crippen LogP contribution in [0.5, 0.6) is 5.75 Å². The Kier molecular flexibility index (Phi) is 7.78. The van der Waals surface area contributed by atoms with Gasteiger partial charge in [-0.2, -0.15) is 0 Å². The molecule has 1 unspecified atom stereocenters. The number of benzene rings is 1. The summed E-state index contributed by atoms with van der Waals surface area (Å²) in [5.41, 5.74) is 0. The van der Waals surface area contributed by atoms with Crippen molar-refractivity contribution < 1.29 is 19.2 Å². The molecular formula is C14H21BrN3O3+. The molecular weight excluding hydrogens is 338 g/mol. The van der Waals surface area contributed by atoms with Crippen LogP contribution in [0.1, 0.15) is 6.92 Å². The fourth-order valence-corrected chi connectivity index (χ4v) is 1.88. The van der Waals surface area contributed by atoms with Crippen molar-refractivity contribution in [3.8, 4) is 5.75 Å². The number of imide groups is 1. The summed E-state index contributed by atoms with van der Waals surface area (Å²) in [4.78, 5) is 23.7. The first-order chi connectivity index (χ1) is 10.0. The molecule has 0 fully saturated rings. The third-order valence-corrected chi connectivity index (χ3v) is 3.19. The number of nitrogens with one attached hydrogen (secondary N) is 3. The number of carbonyl (C=O) groups excluding carboxylic acids is 2. The first-order valence-electron chi connectivity index (χ1n) is 6.78. The first-order valence-corrected chi connectivity index (χ1v) is 7.58. The van der Waals surface area contributed by atoms with Gasteiger partial charge in [-0.25, -0.2) is 4.79 Å². The molecule has 0 aliphatic carbocycles. The van der Waals surface area contributed by atoms with E-state index >= 15 is 0 Å². The molecule has 1 rings (SSSR count). The number of likely N-dealkylation sites (N-methyl/N-ethyl adjacent to an activating group) is 1. The summed E-state index contributed by atoms with van der Waals surface area (Å²) in [7, 11) is 1.88. The standard InChI is InChI=1S/C14H20BrN3O3/c1-3-16-14(20)17-13(19)10-18(2)8-9-21-12-6-4-11(15)5-7-12/h4-7H,3,8-10H2,1-2H3,(H2,16,17,19,20)/p+1. The number of carbonyl (C=O) groups is 2. The lowest BCUT2D eigenvalue weighted by molar-refractivity contribution is -0.871. The van der Waals surface area contributed by atoms with E-state index in [1.165, 1.54) is 0 Å². The van der Waals surface area contributed by atoms with Crippen molar-refractivity contribution in [3.63, 3.8) is 0 Å². The average Bonchev–Trinajstić information content (AvgIpc) is 2.41. The topological polar surface area (TPSA) is 71.9 Å². The Labute approximate surface area is 133 Å². The number of hydrogen-bond acceptors (Lipinski definition) is 3. The van der Waals surface area contributed by atoms with Gasteiger partial charge in [0, 0.05) is 11.0 Å². The second-order valence-electron chi connectivity index (χ2n) is 4.59. The highest BCUT2D eigenvalue weighted by atomic mass is 79.9. The van der Waals surface area contributed by atoms with Gasteiger partial charge in [0.15, 0.2) is 6.54 Å². The van der Waals surface area contributed by atoms with Crippen molar-refractivity contribution in [1.29, 1.82) is 0 Å². The molecule has 116 valence electrons. The summed E-state index contributed by atoms with van der Waals surface area (Å²) in [5, 5.41) is 4.78. The van der Waals surface area contributed by atoms with Gasteiger partial charge in [-0.1, -0.05) is 15.9 Å². The summed E-state index contributed by atoms with van der Waals surface area (Å²) in [6.45, 7) is 3.67. The molecule has 0 heterocycles. The Bertz CT molecular complexity index is 465. The van der Waals surface area contributed by atoms with Crippen LogP contribution in [0.15, 0.2) is 28.7 Å². The highest BCUT2D eigenvalue weighted by molar-refractivity contribution is 9.10. The second kappa shape index (κ2) is 9.36. The summed E-state index contributed by atoms with van der Waals surface area (Å²) >= 11 is 3.36. The van der Waals surface area contributed by atoms with E-state index in [0.717, 1.165) is 15.1 Å². The van der Waals surface area contributed by atoms with Crippen LogP contribution >= 0.6 is 15.9 Å². The van der Waals surface area contributed by atoms with Crippen LogP contribution in [0.25, 0.3) is 0 Å². The quantitative estimate of drug-likeness (QED) is 0.651. The average molecular weight is 359 g/mol. The molecule has 0 radical (unpaired) electrons. The van der Waals surface area contributed by atoms with Crippen molar-refractivity contribution >= 4 is 27.9 Å². The largest absolute Gasteiger partial charge is 0.488 e. The molecule has 3 amide bonds. The van der Waals surface area contributed by atoms with Gasteiger partial charge in [0.05, 0.1) is 7.05 Å². The minimum atomic E-state index is -0.457. The summed E-state index contributed by atoms with van der Waals surface area (Å²) < 4.78 is 6.58. The number of halogens is 1. The summed E-state index contributed by atoms with van der Waals surface area (Å²) in [5.74, 6) is 0.486. The number of ether oxygens (including phenoxy) is 1. The highest BCUT2D eigenvalue weighted by Crippen LogP contribution is 2.15. The molecule has 6 nitrogen and oxygen atoms in total. The van der Waals surface area contributed by atoms with E-state index in [2.05, 4.69) is 26.6 Å². The van der Waals surface area contributed by atoms with Gasteiger partial charge in [-0.15, -0.1) is 0 Å². The maximum absolute atomic E-state index is 11.6. The predicted octanol–water partition coefficient (Wildman–Crippen LogP) is 0.188. The Morgan fingerprint density at radius 2 is 1.95 bits per heavy atom. The second-order valence-corrected chi connectivity index (χ2v) is 5.51. The third kappa shape index (κ3) is 7.67. The van der Waals surface area contributed by atoms with Gasteiger partial charge in [-0.05, 0) is 31.2 Å². The van der Waals surface area contributed by atoms with E-state index in [4.69, 9.17) is 4.74 Å². The zero-order valence-electron chi connectivity index (χ0n) is 12.2. The molecule has 1 atom stereocenters. The molecule has 0 aliphatic heterocycles. The van der Waals surface area contributed by atoms with Crippen LogP contribution in [0.4, 0.5) is 4.79 Å². The van der Waals surface area contributed by atoms with Crippen molar-refractivity contribution in [2.24, 2.45) is 0 Å². The first kappa shape index (κ1) is 17.5. The smallest absolute Gasteiger partial charge is 0.321 e. The van der Waals surface area contributed by atoms with Crippen LogP contribution in [-0.2, 0) is 4.79 Å². The Balaban J connectivity index is 2.21. The third-order valence-electron chi connectivity index (χ3n) is 2.66. The molecule has 0 bridgehead atoms. The lowest BCUT2D eigenvalue weighted by Crippen LogP contribution is -3.10. The minimum Gasteiger partial charge on any atom is -0.488 e. The van der Waals surface area contributed by atoms with E-state index in [-0.39, 0.29) is 12.5 Å². The molecule has 0 saturated carbocycles. The van der Waals surface area contributed by atoms with Crippen LogP contribution in [-0.4, -0.2) is 45.2 Å². The fourth-order valence-electron chi connectivity index (χ4n) is 1.61. The van der Waals surface area contributed by atoms with Gasteiger partial charge in [0.1, 0.15) is 18.9 Å². The molecule has 1 aromatic carbocycles. The summed E-state index contributed by atoms with van der Waals surface area (Å²) in [6.07, 6.45) is 0. The lowest BCUT2D eigenvalue weighted by atomic mass is 10.3. The van der Waals surface area contributed by atoms with E-state index in [1.54, 1.807) is 6.92 Å². The number of hydrogen-bond donors (Lipinski definition) is 3. The Morgan fingerprint density at radius 1 is 1.29 bits per heavy atom. The van der Waals surface area contributed by atoms with Crippen LogP contribution in [0, 0.1) is 0 Å². The van der Waals surface area contributed by atoms with Crippen molar-refractivity contribution in [3.05, 3.63) is 28.7 Å². The SMILES string of the molecule is CCNC(=O)NC(=O)C[NH+](C)CCOc1ccc(Br)cc1. The van der Waals surface area contributed by atoms with Gasteiger partial charge >= 0.3 is 6.03 Å². The van der Waals surface area contributed by atoms with Gasteiger partial charge < -0.3 is 15.0 Å². The fraction of sp³-hybridized carbons (Fsp3) is 0.429. The van der Waals surface area contributed by atoms with Crippen LogP contribution in [0.3, 0.4) is 0 Å². The van der Waals surface area contributed by atoms with Crippen LogP contribution in [0.2, 0.25) is 0 Å². The Morgan fingerprint density at radius 3 is 2.57 bits per heavy atom. The zero-order chi connectivity index (χ0) is 15.7. The number of amides is 3. The minimum absolute atomic E-state index is 0.223.